The first-order valence-corrected chi connectivity index (χ1v) is 5.43. The summed E-state index contributed by atoms with van der Waals surface area (Å²) in [6.07, 6.45) is 1.16. The molecule has 1 fully saturated rings. The van der Waals surface area contributed by atoms with Crippen molar-refractivity contribution in [3.05, 3.63) is 0 Å². The van der Waals surface area contributed by atoms with Crippen LogP contribution in [-0.4, -0.2) is 23.1 Å². The maximum Gasteiger partial charge on any atom is 0.302 e. The topological polar surface area (TPSA) is 26.3 Å². The summed E-state index contributed by atoms with van der Waals surface area (Å²) in [4.78, 5) is 10.7. The van der Waals surface area contributed by atoms with Gasteiger partial charge in [-0.2, -0.15) is 11.8 Å². The summed E-state index contributed by atoms with van der Waals surface area (Å²) in [6.45, 7) is 5.82. The quantitative estimate of drug-likeness (QED) is 0.589. The van der Waals surface area contributed by atoms with E-state index in [1.165, 1.54) is 12.7 Å². The number of thioether (sulfide) groups is 1. The van der Waals surface area contributed by atoms with Crippen molar-refractivity contribution in [2.45, 2.75) is 38.5 Å². The second kappa shape index (κ2) is 4.17. The molecule has 0 N–H and O–H groups in total. The fraction of sp³-hybridized carbons (Fsp3) is 0.889. The number of esters is 1. The van der Waals surface area contributed by atoms with Crippen molar-refractivity contribution < 1.29 is 9.53 Å². The average molecular weight is 188 g/mol. The number of carbonyl (C=O) groups excluding carboxylic acids is 1. The van der Waals surface area contributed by atoms with Crippen LogP contribution in [-0.2, 0) is 9.53 Å². The molecule has 0 bridgehead atoms. The lowest BCUT2D eigenvalue weighted by Gasteiger charge is -2.31. The van der Waals surface area contributed by atoms with Gasteiger partial charge in [-0.05, 0) is 25.0 Å². The maximum absolute atomic E-state index is 10.7. The van der Waals surface area contributed by atoms with Crippen LogP contribution in [0.1, 0.15) is 27.2 Å². The number of rotatable bonds is 1. The molecule has 2 nitrogen and oxygen atoms in total. The van der Waals surface area contributed by atoms with Crippen LogP contribution in [0.5, 0.6) is 0 Å². The Hall–Kier alpha value is -0.180. The van der Waals surface area contributed by atoms with Gasteiger partial charge < -0.3 is 4.74 Å². The number of ether oxygens (including phenoxy) is 1. The number of hydrogen-bond donors (Lipinski definition) is 0. The molecule has 1 rings (SSSR count). The summed E-state index contributed by atoms with van der Waals surface area (Å²) in [7, 11) is 0. The van der Waals surface area contributed by atoms with Gasteiger partial charge in [-0.25, -0.2) is 0 Å². The van der Waals surface area contributed by atoms with Gasteiger partial charge in [0.2, 0.25) is 0 Å². The van der Waals surface area contributed by atoms with Crippen molar-refractivity contribution >= 4 is 17.7 Å². The SMILES string of the molecule is CC(=O)OC1CC(C)CSC1C. The molecule has 0 radical (unpaired) electrons. The van der Waals surface area contributed by atoms with Gasteiger partial charge >= 0.3 is 5.97 Å². The Balaban J connectivity index is 2.43. The van der Waals surface area contributed by atoms with Crippen molar-refractivity contribution in [2.24, 2.45) is 5.92 Å². The Labute approximate surface area is 78.1 Å². The van der Waals surface area contributed by atoms with Crippen LogP contribution < -0.4 is 0 Å². The maximum atomic E-state index is 10.7. The third-order valence-corrected chi connectivity index (χ3v) is 3.71. The van der Waals surface area contributed by atoms with Crippen molar-refractivity contribution in [3.8, 4) is 0 Å². The van der Waals surface area contributed by atoms with Gasteiger partial charge in [-0.1, -0.05) is 6.92 Å². The lowest BCUT2D eigenvalue weighted by atomic mass is 10.0. The number of hydrogen-bond acceptors (Lipinski definition) is 3. The van der Waals surface area contributed by atoms with E-state index in [0.29, 0.717) is 11.2 Å². The lowest BCUT2D eigenvalue weighted by molar-refractivity contribution is -0.147. The third-order valence-electron chi connectivity index (χ3n) is 2.12. The molecular formula is C9H16O2S. The Morgan fingerprint density at radius 2 is 2.17 bits per heavy atom. The number of carbonyl (C=O) groups is 1. The smallest absolute Gasteiger partial charge is 0.302 e. The highest BCUT2D eigenvalue weighted by molar-refractivity contribution is 8.00. The summed E-state index contributed by atoms with van der Waals surface area (Å²) in [5.74, 6) is 1.72. The van der Waals surface area contributed by atoms with Crippen LogP contribution in [0.4, 0.5) is 0 Å². The highest BCUT2D eigenvalue weighted by Gasteiger charge is 2.27. The van der Waals surface area contributed by atoms with Gasteiger partial charge in [-0.3, -0.25) is 4.79 Å². The van der Waals surface area contributed by atoms with E-state index >= 15 is 0 Å². The molecular weight excluding hydrogens is 172 g/mol. The zero-order chi connectivity index (χ0) is 9.14. The zero-order valence-electron chi connectivity index (χ0n) is 7.87. The molecule has 3 unspecified atom stereocenters. The fourth-order valence-corrected chi connectivity index (χ4v) is 2.59. The first-order chi connectivity index (χ1) is 5.59. The minimum atomic E-state index is -0.151. The van der Waals surface area contributed by atoms with E-state index in [0.717, 1.165) is 6.42 Å². The van der Waals surface area contributed by atoms with Crippen LogP contribution in [0.2, 0.25) is 0 Å². The fourth-order valence-electron chi connectivity index (χ4n) is 1.44. The van der Waals surface area contributed by atoms with E-state index in [4.69, 9.17) is 4.74 Å². The molecule has 0 spiro atoms. The second-order valence-corrected chi connectivity index (χ2v) is 4.94. The second-order valence-electron chi connectivity index (χ2n) is 3.53. The van der Waals surface area contributed by atoms with Gasteiger partial charge in [0.05, 0.1) is 0 Å². The molecule has 70 valence electrons. The van der Waals surface area contributed by atoms with Crippen molar-refractivity contribution in [3.63, 3.8) is 0 Å². The van der Waals surface area contributed by atoms with Gasteiger partial charge in [0.25, 0.3) is 0 Å². The molecule has 1 heterocycles. The predicted molar refractivity (Wildman–Crippen MR) is 51.3 cm³/mol. The van der Waals surface area contributed by atoms with Gasteiger partial charge in [0.1, 0.15) is 6.10 Å². The van der Waals surface area contributed by atoms with E-state index in [1.54, 1.807) is 0 Å². The average Bonchev–Trinajstić information content (AvgIpc) is 1.96. The molecule has 1 aliphatic heterocycles. The molecule has 12 heavy (non-hydrogen) atoms. The van der Waals surface area contributed by atoms with E-state index in [9.17, 15) is 4.79 Å². The molecule has 0 aromatic rings. The Bertz CT molecular complexity index is 170. The van der Waals surface area contributed by atoms with Gasteiger partial charge in [0, 0.05) is 12.2 Å². The van der Waals surface area contributed by atoms with Crippen LogP contribution >= 0.6 is 11.8 Å². The van der Waals surface area contributed by atoms with E-state index in [-0.39, 0.29) is 12.1 Å². The predicted octanol–water partition coefficient (Wildman–Crippen LogP) is 2.08. The lowest BCUT2D eigenvalue weighted by Crippen LogP contribution is -2.33. The van der Waals surface area contributed by atoms with Crippen molar-refractivity contribution in [2.75, 3.05) is 5.75 Å². The summed E-state index contributed by atoms with van der Waals surface area (Å²) < 4.78 is 5.21. The Morgan fingerprint density at radius 1 is 1.50 bits per heavy atom. The van der Waals surface area contributed by atoms with Crippen LogP contribution in [0.25, 0.3) is 0 Å². The normalized spacial score (nSPS) is 36.1. The van der Waals surface area contributed by atoms with E-state index in [2.05, 4.69) is 13.8 Å². The summed E-state index contributed by atoms with van der Waals surface area (Å²) in [5, 5.41) is 0.463. The van der Waals surface area contributed by atoms with E-state index < -0.39 is 0 Å². The van der Waals surface area contributed by atoms with E-state index in [1.807, 2.05) is 11.8 Å². The molecule has 3 atom stereocenters. The molecule has 0 aromatic carbocycles. The van der Waals surface area contributed by atoms with Crippen molar-refractivity contribution in [1.82, 2.24) is 0 Å². The first-order valence-electron chi connectivity index (χ1n) is 4.38. The largest absolute Gasteiger partial charge is 0.461 e. The minimum Gasteiger partial charge on any atom is -0.461 e. The van der Waals surface area contributed by atoms with Gasteiger partial charge in [-0.15, -0.1) is 0 Å². The Morgan fingerprint density at radius 3 is 2.75 bits per heavy atom. The molecule has 3 heteroatoms. The monoisotopic (exact) mass is 188 g/mol. The van der Waals surface area contributed by atoms with Gasteiger partial charge in [0.15, 0.2) is 0 Å². The van der Waals surface area contributed by atoms with Crippen molar-refractivity contribution in [1.29, 1.82) is 0 Å². The Kier molecular flexibility index (Phi) is 3.44. The summed E-state index contributed by atoms with van der Waals surface area (Å²) in [6, 6.07) is 0. The zero-order valence-corrected chi connectivity index (χ0v) is 8.69. The van der Waals surface area contributed by atoms with Crippen LogP contribution in [0, 0.1) is 5.92 Å². The highest BCUT2D eigenvalue weighted by Crippen LogP contribution is 2.30. The highest BCUT2D eigenvalue weighted by atomic mass is 32.2. The van der Waals surface area contributed by atoms with Crippen LogP contribution in [0.3, 0.4) is 0 Å². The minimum absolute atomic E-state index is 0.135. The molecule has 0 saturated carbocycles. The molecule has 0 aromatic heterocycles. The molecule has 1 aliphatic rings. The summed E-state index contributed by atoms with van der Waals surface area (Å²) in [5.41, 5.74) is 0. The molecule has 0 aliphatic carbocycles. The summed E-state index contributed by atoms with van der Waals surface area (Å²) >= 11 is 1.90. The molecule has 0 amide bonds. The standard InChI is InChI=1S/C9H16O2S/c1-6-4-9(11-8(3)10)7(2)12-5-6/h6-7,9H,4-5H2,1-3H3. The first kappa shape index (κ1) is 9.90. The molecule has 1 saturated heterocycles. The third kappa shape index (κ3) is 2.70. The van der Waals surface area contributed by atoms with Crippen LogP contribution in [0.15, 0.2) is 0 Å².